The number of benzene rings is 3. The second-order valence-electron chi connectivity index (χ2n) is 14.4. The molecule has 246 valence electrons. The maximum Gasteiger partial charge on any atom is 0.135 e. The largest absolute Gasteiger partial charge is 0.509 e. The number of hydrogen-bond donors (Lipinski definition) is 0. The molecule has 0 spiro atoms. The molecule has 7 heteroatoms. The van der Waals surface area contributed by atoms with Crippen LogP contribution in [-0.4, -0.2) is 20.6 Å². The maximum absolute atomic E-state index is 6.51. The van der Waals surface area contributed by atoms with Gasteiger partial charge in [0, 0.05) is 68.4 Å². The Morgan fingerprint density at radius 3 is 2.48 bits per heavy atom. The zero-order valence-corrected chi connectivity index (χ0v) is 29.7. The van der Waals surface area contributed by atoms with Gasteiger partial charge >= 0.3 is 0 Å². The molecule has 6 aromatic rings. The van der Waals surface area contributed by atoms with E-state index in [1.807, 2.05) is 36.8 Å². The summed E-state index contributed by atoms with van der Waals surface area (Å²) in [5.41, 5.74) is 6.51. The monoisotopic (exact) mass is 811 g/mol. The molecule has 3 aromatic heterocycles. The van der Waals surface area contributed by atoms with Gasteiger partial charge in [0.05, 0.1) is 5.69 Å². The Hall–Kier alpha value is -4.15. The molecule has 3 aromatic carbocycles. The van der Waals surface area contributed by atoms with Crippen molar-refractivity contribution in [2.45, 2.75) is 64.3 Å². The van der Waals surface area contributed by atoms with Crippen LogP contribution in [0.1, 0.15) is 58.4 Å². The van der Waals surface area contributed by atoms with Gasteiger partial charge in [-0.3, -0.25) is 4.98 Å². The summed E-state index contributed by atoms with van der Waals surface area (Å²) >= 11 is 0. The molecule has 6 nitrogen and oxygen atoms in total. The van der Waals surface area contributed by atoms with Crippen molar-refractivity contribution in [2.24, 2.45) is 11.8 Å². The van der Waals surface area contributed by atoms with Crippen molar-refractivity contribution in [2.75, 3.05) is 9.80 Å². The minimum atomic E-state index is 0. The third-order valence-electron chi connectivity index (χ3n) is 10.6. The molecule has 0 N–H and O–H groups in total. The van der Waals surface area contributed by atoms with Crippen LogP contribution in [0.5, 0.6) is 11.5 Å². The number of rotatable bonds is 5. The van der Waals surface area contributed by atoms with Crippen LogP contribution in [0, 0.1) is 30.6 Å². The van der Waals surface area contributed by atoms with Gasteiger partial charge in [-0.15, -0.1) is 41.4 Å². The Morgan fingerprint density at radius 2 is 1.67 bits per heavy atom. The Bertz CT molecular complexity index is 2130. The van der Waals surface area contributed by atoms with Crippen LogP contribution < -0.4 is 14.5 Å². The molecule has 10 rings (SSSR count). The van der Waals surface area contributed by atoms with Crippen LogP contribution in [0.3, 0.4) is 0 Å². The predicted octanol–water partition coefficient (Wildman–Crippen LogP) is 9.92. The van der Waals surface area contributed by atoms with Crippen LogP contribution in [-0.2, 0) is 26.5 Å². The smallest absolute Gasteiger partial charge is 0.135 e. The molecule has 2 bridgehead atoms. The zero-order chi connectivity index (χ0) is 31.7. The number of hydrogen-bond acceptors (Lipinski definition) is 5. The second-order valence-corrected chi connectivity index (χ2v) is 14.4. The minimum Gasteiger partial charge on any atom is -0.509 e. The van der Waals surface area contributed by atoms with Gasteiger partial charge < -0.3 is 19.1 Å². The third kappa shape index (κ3) is 5.29. The van der Waals surface area contributed by atoms with Gasteiger partial charge in [-0.1, -0.05) is 57.3 Å². The Kier molecular flexibility index (Phi) is 7.83. The molecule has 1 aliphatic heterocycles. The normalized spacial score (nSPS) is 20.3. The molecule has 48 heavy (non-hydrogen) atoms. The summed E-state index contributed by atoms with van der Waals surface area (Å²) in [7, 11) is 0. The summed E-state index contributed by atoms with van der Waals surface area (Å²) in [5.74, 6) is 3.75. The van der Waals surface area contributed by atoms with Crippen molar-refractivity contribution < 1.29 is 25.8 Å². The molecule has 1 atom stereocenters. The van der Waals surface area contributed by atoms with Crippen LogP contribution >= 0.6 is 0 Å². The molecule has 1 unspecified atom stereocenters. The van der Waals surface area contributed by atoms with Crippen molar-refractivity contribution in [1.82, 2.24) is 14.5 Å². The van der Waals surface area contributed by atoms with Crippen molar-refractivity contribution in [3.8, 4) is 17.3 Å². The second kappa shape index (κ2) is 12.1. The van der Waals surface area contributed by atoms with Crippen LogP contribution in [0.25, 0.3) is 27.6 Å². The van der Waals surface area contributed by atoms with Crippen molar-refractivity contribution in [3.05, 3.63) is 116 Å². The van der Waals surface area contributed by atoms with E-state index in [0.29, 0.717) is 17.5 Å². The van der Waals surface area contributed by atoms with Gasteiger partial charge in [0.15, 0.2) is 0 Å². The summed E-state index contributed by atoms with van der Waals surface area (Å²) < 4.78 is 8.71. The first-order valence-corrected chi connectivity index (χ1v) is 16.9. The quantitative estimate of drug-likeness (QED) is 0.162. The average molecular weight is 812 g/mol. The van der Waals surface area contributed by atoms with Crippen molar-refractivity contribution in [1.29, 1.82) is 0 Å². The van der Waals surface area contributed by atoms with Gasteiger partial charge in [-0.05, 0) is 71.7 Å². The topological polar surface area (TPSA) is 46.4 Å². The summed E-state index contributed by atoms with van der Waals surface area (Å²) in [5, 5.41) is 2.27. The molecule has 0 saturated heterocycles. The van der Waals surface area contributed by atoms with E-state index in [-0.39, 0.29) is 26.5 Å². The summed E-state index contributed by atoms with van der Waals surface area (Å²) in [6.07, 6.45) is 12.5. The first-order chi connectivity index (χ1) is 22.9. The Morgan fingerprint density at radius 1 is 0.833 bits per heavy atom. The van der Waals surface area contributed by atoms with E-state index < -0.39 is 0 Å². The molecule has 3 fully saturated rings. The standard InChI is InChI=1S/C41H38N5O.Pt/c1-41(2,3)29-17-20-43-40(22-29)46-35-10-5-4-9-33(35)34-16-15-32(24-38(34)46)47-31-8-6-7-30(23-31)44-26-45(36-18-19-42-25-39(36)44)37-21-27-11-13-28(37)14-12-27;/h4-10,15-20,22,25-28,37H,11-14,21H2,1-3H3;/q-3;. The van der Waals surface area contributed by atoms with Gasteiger partial charge in [0.2, 0.25) is 0 Å². The first kappa shape index (κ1) is 31.1. The number of para-hydroxylation sites is 1. The number of anilines is 3. The van der Waals surface area contributed by atoms with Gasteiger partial charge in [-0.2, -0.15) is 18.8 Å². The summed E-state index contributed by atoms with van der Waals surface area (Å²) in [6.45, 7) is 8.95. The Labute approximate surface area is 297 Å². The molecule has 4 heterocycles. The third-order valence-corrected chi connectivity index (χ3v) is 10.6. The fourth-order valence-corrected chi connectivity index (χ4v) is 8.10. The van der Waals surface area contributed by atoms with Crippen molar-refractivity contribution in [3.63, 3.8) is 0 Å². The molecule has 0 radical (unpaired) electrons. The number of fused-ring (bicyclic) bond motifs is 7. The van der Waals surface area contributed by atoms with E-state index in [1.165, 1.54) is 43.4 Å². The molecule has 3 saturated carbocycles. The van der Waals surface area contributed by atoms with Gasteiger partial charge in [-0.25, -0.2) is 4.98 Å². The number of ether oxygens (including phenoxy) is 1. The van der Waals surface area contributed by atoms with E-state index in [2.05, 4.69) is 114 Å². The fraction of sp³-hybridized carbons (Fsp3) is 0.293. The van der Waals surface area contributed by atoms with E-state index in [0.717, 1.165) is 50.8 Å². The summed E-state index contributed by atoms with van der Waals surface area (Å²) in [6, 6.07) is 32.8. The van der Waals surface area contributed by atoms with E-state index in [4.69, 9.17) is 9.72 Å². The van der Waals surface area contributed by atoms with Gasteiger partial charge in [0.25, 0.3) is 0 Å². The number of pyridine rings is 2. The molecular formula is C41H38N5OPt-3. The molecule has 4 aliphatic rings. The summed E-state index contributed by atoms with van der Waals surface area (Å²) in [4.78, 5) is 14.0. The SMILES string of the molecule is CC(C)(C)c1ccnc(-n2c3[c-]c(Oc4[c-]c(N5[CH-]N(C6CC7CCC6CC7)c6ccncc65)ccc4)ccc3c3ccccc32)c1.[Pt]. The van der Waals surface area contributed by atoms with Crippen molar-refractivity contribution >= 4 is 38.9 Å². The van der Waals surface area contributed by atoms with E-state index >= 15 is 0 Å². The Balaban J connectivity index is 0.00000336. The number of aromatic nitrogens is 3. The van der Waals surface area contributed by atoms with Crippen LogP contribution in [0.4, 0.5) is 17.1 Å². The predicted molar refractivity (Wildman–Crippen MR) is 188 cm³/mol. The minimum absolute atomic E-state index is 0. The van der Waals surface area contributed by atoms with Gasteiger partial charge in [0.1, 0.15) is 5.82 Å². The zero-order valence-electron chi connectivity index (χ0n) is 27.5. The maximum atomic E-state index is 6.51. The first-order valence-electron chi connectivity index (χ1n) is 16.9. The molecule has 0 amide bonds. The molecular weight excluding hydrogens is 774 g/mol. The molecule has 3 aliphatic carbocycles. The number of nitrogens with zero attached hydrogens (tertiary/aromatic N) is 5. The van der Waals surface area contributed by atoms with Crippen LogP contribution in [0.2, 0.25) is 0 Å². The van der Waals surface area contributed by atoms with E-state index in [9.17, 15) is 0 Å². The van der Waals surface area contributed by atoms with E-state index in [1.54, 1.807) is 0 Å². The fourth-order valence-electron chi connectivity index (χ4n) is 8.10. The van der Waals surface area contributed by atoms with Crippen LogP contribution in [0.15, 0.2) is 91.4 Å². The average Bonchev–Trinajstić information content (AvgIpc) is 3.65.